The van der Waals surface area contributed by atoms with Gasteiger partial charge in [0.1, 0.15) is 5.82 Å². The third-order valence-electron chi connectivity index (χ3n) is 3.22. The second kappa shape index (κ2) is 7.14. The molecule has 0 unspecified atom stereocenters. The monoisotopic (exact) mass is 286 g/mol. The van der Waals surface area contributed by atoms with E-state index in [1.807, 2.05) is 78.9 Å². The fourth-order valence-electron chi connectivity index (χ4n) is 2.17. The molecular weight excluding hydrogens is 268 g/mol. The van der Waals surface area contributed by atoms with Crippen molar-refractivity contribution in [3.63, 3.8) is 0 Å². The number of rotatable bonds is 5. The van der Waals surface area contributed by atoms with E-state index in [4.69, 9.17) is 0 Å². The number of hydrogen-bond acceptors (Lipinski definition) is 2. The topological polar surface area (TPSA) is 24.1 Å². The Morgan fingerprint density at radius 1 is 0.545 bits per heavy atom. The Balaban J connectivity index is 1.86. The van der Waals surface area contributed by atoms with E-state index < -0.39 is 0 Å². The molecule has 0 bridgehead atoms. The van der Waals surface area contributed by atoms with Gasteiger partial charge in [-0.25, -0.2) is 0 Å². The average molecular weight is 286 g/mol. The maximum atomic E-state index is 3.43. The van der Waals surface area contributed by atoms with Crippen molar-refractivity contribution in [1.82, 2.24) is 0 Å². The summed E-state index contributed by atoms with van der Waals surface area (Å²) in [6.45, 7) is 0. The molecule has 2 N–H and O–H groups in total. The number of hydrogen-bond donors (Lipinski definition) is 2. The molecule has 0 aliphatic heterocycles. The minimum atomic E-state index is 0.934. The van der Waals surface area contributed by atoms with E-state index in [0.717, 1.165) is 22.8 Å². The maximum absolute atomic E-state index is 3.43. The maximum Gasteiger partial charge on any atom is 0.108 e. The number of nitrogens with one attached hydrogen (secondary N) is 2. The first-order chi connectivity index (χ1) is 10.9. The molecule has 2 nitrogen and oxygen atoms in total. The van der Waals surface area contributed by atoms with Gasteiger partial charge in [0, 0.05) is 11.4 Å². The van der Waals surface area contributed by atoms with Crippen LogP contribution >= 0.6 is 0 Å². The van der Waals surface area contributed by atoms with Gasteiger partial charge in [0.25, 0.3) is 0 Å². The van der Waals surface area contributed by atoms with Crippen LogP contribution < -0.4 is 10.6 Å². The van der Waals surface area contributed by atoms with E-state index >= 15 is 0 Å². The van der Waals surface area contributed by atoms with Crippen molar-refractivity contribution in [3.8, 4) is 0 Å². The molecular formula is C20H18N2. The Bertz CT molecular complexity index is 676. The molecule has 0 amide bonds. The molecule has 22 heavy (non-hydrogen) atoms. The summed E-state index contributed by atoms with van der Waals surface area (Å²) in [5.41, 5.74) is 3.24. The lowest BCUT2D eigenvalue weighted by Gasteiger charge is -2.14. The van der Waals surface area contributed by atoms with Gasteiger partial charge in [0.05, 0.1) is 0 Å². The number of anilines is 2. The van der Waals surface area contributed by atoms with Crippen molar-refractivity contribution >= 4 is 17.5 Å². The van der Waals surface area contributed by atoms with Gasteiger partial charge in [-0.2, -0.15) is 0 Å². The van der Waals surface area contributed by atoms with Crippen LogP contribution in [0.3, 0.4) is 0 Å². The van der Waals surface area contributed by atoms with Crippen LogP contribution in [0.1, 0.15) is 5.56 Å². The lowest BCUT2D eigenvalue weighted by molar-refractivity contribution is 1.38. The number of benzene rings is 3. The van der Waals surface area contributed by atoms with Crippen LogP contribution in [0, 0.1) is 0 Å². The molecule has 0 aromatic heterocycles. The molecule has 0 spiro atoms. The molecule has 3 aromatic rings. The van der Waals surface area contributed by atoms with Crippen LogP contribution in [-0.2, 0) is 0 Å². The molecule has 0 aliphatic carbocycles. The van der Waals surface area contributed by atoms with Crippen LogP contribution in [0.25, 0.3) is 6.08 Å². The van der Waals surface area contributed by atoms with E-state index in [-0.39, 0.29) is 0 Å². The van der Waals surface area contributed by atoms with Gasteiger partial charge in [-0.15, -0.1) is 0 Å². The Morgan fingerprint density at radius 2 is 0.955 bits per heavy atom. The van der Waals surface area contributed by atoms with Crippen LogP contribution in [0.5, 0.6) is 0 Å². The summed E-state index contributed by atoms with van der Waals surface area (Å²) >= 11 is 0. The summed E-state index contributed by atoms with van der Waals surface area (Å²) in [6, 6.07) is 30.5. The average Bonchev–Trinajstić information content (AvgIpc) is 2.57. The highest BCUT2D eigenvalue weighted by Gasteiger charge is 2.00. The van der Waals surface area contributed by atoms with Crippen LogP contribution in [0.4, 0.5) is 11.4 Å². The normalized spacial score (nSPS) is 9.82. The largest absolute Gasteiger partial charge is 0.342 e. The molecule has 0 saturated heterocycles. The van der Waals surface area contributed by atoms with Gasteiger partial charge in [-0.05, 0) is 35.9 Å². The minimum absolute atomic E-state index is 0.934. The molecule has 0 aliphatic rings. The molecule has 0 heterocycles. The standard InChI is InChI=1S/C20H18N2/c1-4-10-17(11-5-1)16-20(21-18-12-6-2-7-13-18)22-19-14-8-3-9-15-19/h1-16,21-22H. The van der Waals surface area contributed by atoms with Crippen molar-refractivity contribution < 1.29 is 0 Å². The van der Waals surface area contributed by atoms with Crippen LogP contribution in [-0.4, -0.2) is 0 Å². The lowest BCUT2D eigenvalue weighted by Crippen LogP contribution is -2.09. The Morgan fingerprint density at radius 3 is 1.41 bits per heavy atom. The van der Waals surface area contributed by atoms with Crippen molar-refractivity contribution in [3.05, 3.63) is 102 Å². The van der Waals surface area contributed by atoms with Gasteiger partial charge < -0.3 is 10.6 Å². The zero-order chi connectivity index (χ0) is 15.0. The van der Waals surface area contributed by atoms with Gasteiger partial charge in [0.2, 0.25) is 0 Å². The Labute approximate surface area is 131 Å². The molecule has 108 valence electrons. The summed E-state index contributed by atoms with van der Waals surface area (Å²) in [7, 11) is 0. The Kier molecular flexibility index (Phi) is 4.53. The highest BCUT2D eigenvalue weighted by Crippen LogP contribution is 2.15. The quantitative estimate of drug-likeness (QED) is 0.673. The van der Waals surface area contributed by atoms with E-state index in [1.165, 1.54) is 0 Å². The summed E-state index contributed by atoms with van der Waals surface area (Å²) in [5.74, 6) is 0.934. The van der Waals surface area contributed by atoms with Gasteiger partial charge in [0.15, 0.2) is 0 Å². The lowest BCUT2D eigenvalue weighted by atomic mass is 10.2. The molecule has 3 aromatic carbocycles. The third-order valence-corrected chi connectivity index (χ3v) is 3.22. The third kappa shape index (κ3) is 4.00. The molecule has 0 fully saturated rings. The first-order valence-corrected chi connectivity index (χ1v) is 7.31. The molecule has 0 saturated carbocycles. The zero-order valence-electron chi connectivity index (χ0n) is 12.2. The first kappa shape index (κ1) is 14.0. The van der Waals surface area contributed by atoms with E-state index in [1.54, 1.807) is 0 Å². The van der Waals surface area contributed by atoms with Gasteiger partial charge in [-0.1, -0.05) is 66.7 Å². The molecule has 3 rings (SSSR count). The Hall–Kier alpha value is -3.00. The van der Waals surface area contributed by atoms with Crippen LogP contribution in [0.2, 0.25) is 0 Å². The van der Waals surface area contributed by atoms with Crippen molar-refractivity contribution in [2.45, 2.75) is 0 Å². The second-order valence-corrected chi connectivity index (χ2v) is 4.95. The molecule has 0 radical (unpaired) electrons. The highest BCUT2D eigenvalue weighted by atomic mass is 15.1. The fraction of sp³-hybridized carbons (Fsp3) is 0. The summed E-state index contributed by atoms with van der Waals surface area (Å²) in [5, 5.41) is 6.85. The van der Waals surface area contributed by atoms with Crippen molar-refractivity contribution in [2.75, 3.05) is 10.6 Å². The van der Waals surface area contributed by atoms with Crippen molar-refractivity contribution in [2.24, 2.45) is 0 Å². The predicted molar refractivity (Wildman–Crippen MR) is 94.5 cm³/mol. The SMILES string of the molecule is C(=C(Nc1ccccc1)Nc1ccccc1)c1ccccc1. The van der Waals surface area contributed by atoms with E-state index in [9.17, 15) is 0 Å². The highest BCUT2D eigenvalue weighted by molar-refractivity contribution is 5.65. The number of para-hydroxylation sites is 2. The minimum Gasteiger partial charge on any atom is -0.342 e. The fourth-order valence-corrected chi connectivity index (χ4v) is 2.17. The summed E-state index contributed by atoms with van der Waals surface area (Å²) in [4.78, 5) is 0. The molecule has 0 atom stereocenters. The van der Waals surface area contributed by atoms with Gasteiger partial charge in [-0.3, -0.25) is 0 Å². The van der Waals surface area contributed by atoms with E-state index in [2.05, 4.69) is 28.8 Å². The summed E-state index contributed by atoms with van der Waals surface area (Å²) in [6.07, 6.45) is 2.10. The zero-order valence-corrected chi connectivity index (χ0v) is 12.2. The van der Waals surface area contributed by atoms with Crippen molar-refractivity contribution in [1.29, 1.82) is 0 Å². The predicted octanol–water partition coefficient (Wildman–Crippen LogP) is 5.21. The second-order valence-electron chi connectivity index (χ2n) is 4.95. The van der Waals surface area contributed by atoms with Crippen LogP contribution in [0.15, 0.2) is 96.8 Å². The summed E-state index contributed by atoms with van der Waals surface area (Å²) < 4.78 is 0. The first-order valence-electron chi connectivity index (χ1n) is 7.31. The smallest absolute Gasteiger partial charge is 0.108 e. The van der Waals surface area contributed by atoms with E-state index in [0.29, 0.717) is 0 Å². The van der Waals surface area contributed by atoms with Gasteiger partial charge >= 0.3 is 0 Å². The molecule has 2 heteroatoms.